The summed E-state index contributed by atoms with van der Waals surface area (Å²) >= 11 is 1.85. The van der Waals surface area contributed by atoms with E-state index >= 15 is 0 Å². The molecule has 1 unspecified atom stereocenters. The van der Waals surface area contributed by atoms with E-state index in [0.29, 0.717) is 5.84 Å². The van der Waals surface area contributed by atoms with Gasteiger partial charge in [-0.05, 0) is 77.9 Å². The number of fused-ring (bicyclic) bond motifs is 13. The molecule has 0 radical (unpaired) electrons. The second-order valence-corrected chi connectivity index (χ2v) is 19.9. The van der Waals surface area contributed by atoms with E-state index in [4.69, 9.17) is 14.4 Å². The molecule has 334 valence electrons. The molecule has 0 fully saturated rings. The zero-order valence-electron chi connectivity index (χ0n) is 38.7. The van der Waals surface area contributed by atoms with Crippen LogP contribution in [-0.2, 0) is 0 Å². The summed E-state index contributed by atoms with van der Waals surface area (Å²) in [6, 6.07) is 76.4. The molecule has 5 heterocycles. The lowest BCUT2D eigenvalue weighted by molar-refractivity contribution is 0.666. The molecule has 6 heteroatoms. The van der Waals surface area contributed by atoms with Gasteiger partial charge in [0.2, 0.25) is 0 Å². The monoisotopic (exact) mass is 926 g/mol. The van der Waals surface area contributed by atoms with Crippen LogP contribution in [0.5, 0.6) is 0 Å². The first-order chi connectivity index (χ1) is 35.1. The highest BCUT2D eigenvalue weighted by Crippen LogP contribution is 2.44. The van der Waals surface area contributed by atoms with Crippen LogP contribution in [0.15, 0.2) is 233 Å². The molecule has 71 heavy (non-hydrogen) atoms. The third-order valence-electron chi connectivity index (χ3n) is 14.8. The molecular formula is C65H42N4OS. The quantitative estimate of drug-likeness (QED) is 0.170. The lowest BCUT2D eigenvalue weighted by atomic mass is 9.92. The van der Waals surface area contributed by atoms with E-state index in [2.05, 4.69) is 234 Å². The number of allylic oxidation sites excluding steroid dienone is 1. The highest BCUT2D eigenvalue weighted by atomic mass is 32.1. The zero-order valence-corrected chi connectivity index (χ0v) is 39.5. The van der Waals surface area contributed by atoms with Gasteiger partial charge in [-0.2, -0.15) is 0 Å². The molecule has 0 N–H and O–H groups in total. The summed E-state index contributed by atoms with van der Waals surface area (Å²) in [6.45, 7) is 2.32. The molecule has 0 saturated heterocycles. The number of aliphatic imine (C=N–C) groups is 2. The van der Waals surface area contributed by atoms with Gasteiger partial charge in [0.25, 0.3) is 0 Å². The van der Waals surface area contributed by atoms with Crippen LogP contribution in [0.4, 0.5) is 0 Å². The average Bonchev–Trinajstić information content (AvgIpc) is 4.18. The summed E-state index contributed by atoms with van der Waals surface area (Å²) in [7, 11) is 0. The fourth-order valence-electron chi connectivity index (χ4n) is 11.5. The Morgan fingerprint density at radius 1 is 0.493 bits per heavy atom. The first-order valence-corrected chi connectivity index (χ1v) is 25.2. The zero-order chi connectivity index (χ0) is 46.7. The van der Waals surface area contributed by atoms with Gasteiger partial charge in [-0.15, -0.1) is 11.3 Å². The molecule has 1 aliphatic heterocycles. The first kappa shape index (κ1) is 40.1. The van der Waals surface area contributed by atoms with Gasteiger partial charge in [-0.3, -0.25) is 0 Å². The molecular weight excluding hydrogens is 885 g/mol. The summed E-state index contributed by atoms with van der Waals surface area (Å²) in [4.78, 5) is 11.8. The van der Waals surface area contributed by atoms with Crippen molar-refractivity contribution >= 4 is 125 Å². The SMILES string of the molecule is CC1C/C=C(c2cccc3c4ccccc4n(-c4ccccc4)c23)/N=C(c2ccc(-n3c4ccccc4c4cc5ccccc5cc43)c3oc4ccccc4c23)\N=C/1c1cccc2c1sc1ccccc12. The lowest BCUT2D eigenvalue weighted by Gasteiger charge is -2.20. The van der Waals surface area contributed by atoms with Crippen molar-refractivity contribution in [3.05, 3.63) is 235 Å². The predicted molar refractivity (Wildman–Crippen MR) is 301 cm³/mol. The van der Waals surface area contributed by atoms with E-state index in [1.807, 2.05) is 11.3 Å². The number of furan rings is 1. The summed E-state index contributed by atoms with van der Waals surface area (Å²) < 4.78 is 14.4. The summed E-state index contributed by atoms with van der Waals surface area (Å²) in [5, 5.41) is 11.7. The molecule has 1 aliphatic rings. The summed E-state index contributed by atoms with van der Waals surface area (Å²) in [5.74, 6) is 0.695. The van der Waals surface area contributed by atoms with Gasteiger partial charge < -0.3 is 13.6 Å². The van der Waals surface area contributed by atoms with E-state index in [1.165, 1.54) is 52.5 Å². The maximum absolute atomic E-state index is 7.13. The van der Waals surface area contributed by atoms with Crippen LogP contribution in [0.1, 0.15) is 30.0 Å². The number of amidine groups is 1. The van der Waals surface area contributed by atoms with Gasteiger partial charge >= 0.3 is 0 Å². The molecule has 14 aromatic rings. The number of nitrogens with zero attached hydrogens (tertiary/aromatic N) is 4. The van der Waals surface area contributed by atoms with Crippen LogP contribution >= 0.6 is 11.3 Å². The Morgan fingerprint density at radius 2 is 1.14 bits per heavy atom. The third kappa shape index (κ3) is 6.05. The van der Waals surface area contributed by atoms with Gasteiger partial charge in [0.05, 0.1) is 39.2 Å². The second-order valence-electron chi connectivity index (χ2n) is 18.8. The number of aromatic nitrogens is 2. The summed E-state index contributed by atoms with van der Waals surface area (Å²) in [6.07, 6.45) is 3.10. The summed E-state index contributed by atoms with van der Waals surface area (Å²) in [5.41, 5.74) is 13.2. The van der Waals surface area contributed by atoms with E-state index in [0.717, 1.165) is 89.9 Å². The van der Waals surface area contributed by atoms with Crippen molar-refractivity contribution in [1.29, 1.82) is 0 Å². The fraction of sp³-hybridized carbons (Fsp3) is 0.0462. The molecule has 0 amide bonds. The second kappa shape index (κ2) is 15.6. The minimum atomic E-state index is 0.0498. The minimum Gasteiger partial charge on any atom is -0.454 e. The molecule has 15 rings (SSSR count). The molecule has 0 saturated carbocycles. The Labute approximate surface area is 412 Å². The highest BCUT2D eigenvalue weighted by Gasteiger charge is 2.27. The fourth-order valence-corrected chi connectivity index (χ4v) is 12.8. The maximum Gasteiger partial charge on any atom is 0.160 e. The Hall–Kier alpha value is -8.84. The normalized spacial score (nSPS) is 16.8. The van der Waals surface area contributed by atoms with Crippen LogP contribution in [0.2, 0.25) is 0 Å². The molecule has 0 spiro atoms. The first-order valence-electron chi connectivity index (χ1n) is 24.4. The topological polar surface area (TPSA) is 47.7 Å². The average molecular weight is 927 g/mol. The van der Waals surface area contributed by atoms with Crippen LogP contribution in [0.3, 0.4) is 0 Å². The van der Waals surface area contributed by atoms with Crippen LogP contribution in [0, 0.1) is 5.92 Å². The molecule has 4 aromatic heterocycles. The predicted octanol–water partition coefficient (Wildman–Crippen LogP) is 17.6. The Morgan fingerprint density at radius 3 is 1.97 bits per heavy atom. The van der Waals surface area contributed by atoms with E-state index in [-0.39, 0.29) is 5.92 Å². The van der Waals surface area contributed by atoms with Gasteiger partial charge in [0, 0.05) is 80.8 Å². The smallest absolute Gasteiger partial charge is 0.160 e. The Kier molecular flexibility index (Phi) is 8.80. The molecule has 0 bridgehead atoms. The van der Waals surface area contributed by atoms with Crippen LogP contribution < -0.4 is 0 Å². The molecule has 0 aliphatic carbocycles. The lowest BCUT2D eigenvalue weighted by Crippen LogP contribution is -2.17. The van der Waals surface area contributed by atoms with E-state index < -0.39 is 0 Å². The molecule has 10 aromatic carbocycles. The Bertz CT molecular complexity index is 4630. The number of hydrogen-bond donors (Lipinski definition) is 0. The number of hydrogen-bond acceptors (Lipinski definition) is 4. The van der Waals surface area contributed by atoms with E-state index in [1.54, 1.807) is 0 Å². The number of thiophene rings is 1. The van der Waals surface area contributed by atoms with Crippen molar-refractivity contribution < 1.29 is 4.42 Å². The largest absolute Gasteiger partial charge is 0.454 e. The van der Waals surface area contributed by atoms with Gasteiger partial charge in [-0.25, -0.2) is 9.98 Å². The van der Waals surface area contributed by atoms with Crippen molar-refractivity contribution in [2.24, 2.45) is 15.9 Å². The van der Waals surface area contributed by atoms with Crippen molar-refractivity contribution in [1.82, 2.24) is 9.13 Å². The number of rotatable bonds is 5. The molecule has 1 atom stereocenters. The third-order valence-corrected chi connectivity index (χ3v) is 16.0. The van der Waals surface area contributed by atoms with Gasteiger partial charge in [0.1, 0.15) is 5.58 Å². The number of benzene rings is 10. The van der Waals surface area contributed by atoms with Crippen molar-refractivity contribution in [3.63, 3.8) is 0 Å². The number of para-hydroxylation sites is 5. The molecule has 5 nitrogen and oxygen atoms in total. The highest BCUT2D eigenvalue weighted by molar-refractivity contribution is 7.26. The maximum atomic E-state index is 7.13. The van der Waals surface area contributed by atoms with Crippen molar-refractivity contribution in [2.45, 2.75) is 13.3 Å². The van der Waals surface area contributed by atoms with Gasteiger partial charge in [0.15, 0.2) is 11.4 Å². The van der Waals surface area contributed by atoms with E-state index in [9.17, 15) is 0 Å². The standard InChI is InChI=1S/C65H42N4OS/c1-39-33-35-53(48-27-15-25-46-43-21-7-11-29-54(43)68(62(46)48)42-19-3-2-4-20-42)66-65(67-61(39)51-28-16-26-47-45-23-10-14-32-59(45)71-64(47)51)50-34-36-56(63-60(50)49-24-9-13-31-58(49)70-63)69-55-30-12-8-22-44(55)52-37-40-17-5-6-18-41(40)38-57(52)69/h2-32,34-39H,33H2,1H3/b53-35+,66-65-,67-61+. The van der Waals surface area contributed by atoms with Crippen LogP contribution in [0.25, 0.3) is 114 Å². The van der Waals surface area contributed by atoms with Gasteiger partial charge in [-0.1, -0.05) is 165 Å². The van der Waals surface area contributed by atoms with Crippen molar-refractivity contribution in [3.8, 4) is 11.4 Å². The minimum absolute atomic E-state index is 0.0498. The Balaban J connectivity index is 1.04. The van der Waals surface area contributed by atoms with Crippen molar-refractivity contribution in [2.75, 3.05) is 0 Å². The van der Waals surface area contributed by atoms with Crippen LogP contribution in [-0.4, -0.2) is 20.7 Å².